The van der Waals surface area contributed by atoms with Gasteiger partial charge in [-0.25, -0.2) is 4.98 Å². The number of Topliss-reactive ketones (excluding diaryl/α,β-unsaturated/α-hetero) is 1. The number of ketones is 1. The highest BCUT2D eigenvalue weighted by atomic mass is 35.5. The largest absolute Gasteiger partial charge is 0.313 e. The Kier molecular flexibility index (Phi) is 3.66. The summed E-state index contributed by atoms with van der Waals surface area (Å²) in [6.45, 7) is 0.264. The number of halogens is 2. The van der Waals surface area contributed by atoms with Crippen LogP contribution in [0.3, 0.4) is 0 Å². The third-order valence-corrected chi connectivity index (χ3v) is 2.14. The molecular weight excluding hydrogens is 211 g/mol. The summed E-state index contributed by atoms with van der Waals surface area (Å²) in [7, 11) is 1.70. The molecule has 0 saturated heterocycles. The molecule has 3 nitrogen and oxygen atoms in total. The fourth-order valence-electron chi connectivity index (χ4n) is 0.836. The molecule has 1 rings (SSSR count). The van der Waals surface area contributed by atoms with Gasteiger partial charge in [0.05, 0.1) is 11.6 Å². The van der Waals surface area contributed by atoms with E-state index in [1.165, 1.54) is 12.3 Å². The molecule has 1 heterocycles. The van der Waals surface area contributed by atoms with Crippen molar-refractivity contribution in [1.29, 1.82) is 0 Å². The predicted octanol–water partition coefficient (Wildman–Crippen LogP) is 1.79. The van der Waals surface area contributed by atoms with E-state index in [-0.39, 0.29) is 17.5 Å². The molecule has 1 aromatic rings. The van der Waals surface area contributed by atoms with E-state index in [4.69, 9.17) is 23.2 Å². The molecule has 70 valence electrons. The summed E-state index contributed by atoms with van der Waals surface area (Å²) in [5, 5.41) is 3.25. The monoisotopic (exact) mass is 218 g/mol. The molecule has 1 N–H and O–H groups in total. The molecule has 0 aliphatic carbocycles. The van der Waals surface area contributed by atoms with Gasteiger partial charge in [0, 0.05) is 11.8 Å². The minimum absolute atomic E-state index is 0.0615. The number of carbonyl (C=O) groups excluding carboxylic acids is 1. The smallest absolute Gasteiger partial charge is 0.178 e. The van der Waals surface area contributed by atoms with Crippen molar-refractivity contribution in [3.05, 3.63) is 28.0 Å². The number of hydrogen-bond donors (Lipinski definition) is 1. The molecule has 0 bridgehead atoms. The molecule has 0 atom stereocenters. The van der Waals surface area contributed by atoms with Crippen LogP contribution in [0, 0.1) is 0 Å². The minimum Gasteiger partial charge on any atom is -0.313 e. The van der Waals surface area contributed by atoms with Gasteiger partial charge in [0.15, 0.2) is 5.78 Å². The summed E-state index contributed by atoms with van der Waals surface area (Å²) in [5.74, 6) is -0.0615. The number of nitrogens with zero attached hydrogens (tertiary/aromatic N) is 1. The fraction of sp³-hybridized carbons (Fsp3) is 0.250. The Balaban J connectivity index is 2.90. The maximum Gasteiger partial charge on any atom is 0.178 e. The maximum absolute atomic E-state index is 11.3. The van der Waals surface area contributed by atoms with E-state index in [1.807, 2.05) is 0 Å². The average Bonchev–Trinajstić information content (AvgIpc) is 2.10. The van der Waals surface area contributed by atoms with Gasteiger partial charge in [-0.1, -0.05) is 23.2 Å². The van der Waals surface area contributed by atoms with E-state index in [0.717, 1.165) is 0 Å². The van der Waals surface area contributed by atoms with E-state index < -0.39 is 0 Å². The maximum atomic E-state index is 11.3. The third kappa shape index (κ3) is 2.66. The third-order valence-electron chi connectivity index (χ3n) is 1.46. The first kappa shape index (κ1) is 10.4. The highest BCUT2D eigenvalue weighted by Gasteiger charge is 2.07. The van der Waals surface area contributed by atoms with Gasteiger partial charge in [-0.05, 0) is 13.1 Å². The molecule has 1 aromatic heterocycles. The number of pyridine rings is 1. The highest BCUT2D eigenvalue weighted by Crippen LogP contribution is 2.19. The summed E-state index contributed by atoms with van der Waals surface area (Å²) in [6, 6.07) is 1.51. The molecule has 0 fully saturated rings. The molecular formula is C8H8Cl2N2O. The molecule has 0 amide bonds. The average molecular weight is 219 g/mol. The summed E-state index contributed by atoms with van der Waals surface area (Å²) in [6.07, 6.45) is 1.41. The molecule has 0 saturated carbocycles. The van der Waals surface area contributed by atoms with Gasteiger partial charge in [-0.2, -0.15) is 0 Å². The van der Waals surface area contributed by atoms with Crippen molar-refractivity contribution in [3.8, 4) is 0 Å². The van der Waals surface area contributed by atoms with E-state index in [0.29, 0.717) is 10.6 Å². The standard InChI is InChI=1S/C8H8Cl2N2O/c1-11-4-7(13)5-2-6(9)8(10)12-3-5/h2-3,11H,4H2,1H3. The van der Waals surface area contributed by atoms with Crippen molar-refractivity contribution in [2.75, 3.05) is 13.6 Å². The lowest BCUT2D eigenvalue weighted by Gasteiger charge is -2.00. The molecule has 0 spiro atoms. The second kappa shape index (κ2) is 4.56. The minimum atomic E-state index is -0.0615. The molecule has 5 heteroatoms. The van der Waals surface area contributed by atoms with Crippen LogP contribution in [0.1, 0.15) is 10.4 Å². The quantitative estimate of drug-likeness (QED) is 0.622. The Hall–Kier alpha value is -0.640. The lowest BCUT2D eigenvalue weighted by molar-refractivity contribution is 0.0993. The second-order valence-electron chi connectivity index (χ2n) is 2.45. The summed E-state index contributed by atoms with van der Waals surface area (Å²) < 4.78 is 0. The van der Waals surface area contributed by atoms with Crippen molar-refractivity contribution in [3.63, 3.8) is 0 Å². The normalized spacial score (nSPS) is 10.1. The lowest BCUT2D eigenvalue weighted by Crippen LogP contribution is -2.18. The Bertz CT molecular complexity index is 328. The lowest BCUT2D eigenvalue weighted by atomic mass is 10.2. The van der Waals surface area contributed by atoms with Crippen LogP contribution in [-0.4, -0.2) is 24.4 Å². The molecule has 0 unspecified atom stereocenters. The van der Waals surface area contributed by atoms with Gasteiger partial charge in [-0.3, -0.25) is 4.79 Å². The van der Waals surface area contributed by atoms with Crippen LogP contribution in [0.2, 0.25) is 10.2 Å². The van der Waals surface area contributed by atoms with Crippen molar-refractivity contribution < 1.29 is 4.79 Å². The van der Waals surface area contributed by atoms with E-state index in [2.05, 4.69) is 10.3 Å². The second-order valence-corrected chi connectivity index (χ2v) is 3.22. The Labute approximate surface area is 86.1 Å². The van der Waals surface area contributed by atoms with Crippen LogP contribution >= 0.6 is 23.2 Å². The molecule has 13 heavy (non-hydrogen) atoms. The van der Waals surface area contributed by atoms with E-state index in [9.17, 15) is 4.79 Å². The van der Waals surface area contributed by atoms with Crippen LogP contribution in [-0.2, 0) is 0 Å². The fourth-order valence-corrected chi connectivity index (χ4v) is 1.11. The summed E-state index contributed by atoms with van der Waals surface area (Å²) in [5.41, 5.74) is 0.462. The number of nitrogens with one attached hydrogen (secondary N) is 1. The van der Waals surface area contributed by atoms with Gasteiger partial charge in [0.2, 0.25) is 0 Å². The molecule has 0 aliphatic heterocycles. The number of carbonyl (C=O) groups is 1. The zero-order valence-corrected chi connectivity index (χ0v) is 8.49. The van der Waals surface area contributed by atoms with Crippen molar-refractivity contribution in [2.24, 2.45) is 0 Å². The Morgan fingerprint density at radius 1 is 1.62 bits per heavy atom. The van der Waals surface area contributed by atoms with Gasteiger partial charge >= 0.3 is 0 Å². The predicted molar refractivity (Wildman–Crippen MR) is 52.5 cm³/mol. The first-order valence-corrected chi connectivity index (χ1v) is 4.39. The first-order chi connectivity index (χ1) is 6.15. The number of hydrogen-bond acceptors (Lipinski definition) is 3. The molecule has 0 radical (unpaired) electrons. The number of aromatic nitrogens is 1. The Morgan fingerprint density at radius 3 is 2.85 bits per heavy atom. The van der Waals surface area contributed by atoms with Crippen molar-refractivity contribution in [1.82, 2.24) is 10.3 Å². The van der Waals surface area contributed by atoms with Crippen molar-refractivity contribution >= 4 is 29.0 Å². The zero-order valence-electron chi connectivity index (χ0n) is 6.97. The summed E-state index contributed by atoms with van der Waals surface area (Å²) >= 11 is 11.3. The van der Waals surface area contributed by atoms with Gasteiger partial charge in [0.1, 0.15) is 5.15 Å². The zero-order chi connectivity index (χ0) is 9.84. The molecule has 0 aliphatic rings. The Morgan fingerprint density at radius 2 is 2.31 bits per heavy atom. The summed E-state index contributed by atoms with van der Waals surface area (Å²) in [4.78, 5) is 15.1. The van der Waals surface area contributed by atoms with Gasteiger partial charge in [0.25, 0.3) is 0 Å². The van der Waals surface area contributed by atoms with Crippen LogP contribution in [0.15, 0.2) is 12.3 Å². The first-order valence-electron chi connectivity index (χ1n) is 3.64. The van der Waals surface area contributed by atoms with E-state index in [1.54, 1.807) is 7.05 Å². The van der Waals surface area contributed by atoms with Crippen LogP contribution in [0.25, 0.3) is 0 Å². The van der Waals surface area contributed by atoms with Crippen LogP contribution in [0.4, 0.5) is 0 Å². The molecule has 0 aromatic carbocycles. The number of likely N-dealkylation sites (N-methyl/N-ethyl adjacent to an activating group) is 1. The van der Waals surface area contributed by atoms with Crippen molar-refractivity contribution in [2.45, 2.75) is 0 Å². The van der Waals surface area contributed by atoms with Gasteiger partial charge < -0.3 is 5.32 Å². The van der Waals surface area contributed by atoms with E-state index >= 15 is 0 Å². The topological polar surface area (TPSA) is 42.0 Å². The van der Waals surface area contributed by atoms with Crippen LogP contribution < -0.4 is 5.32 Å². The van der Waals surface area contributed by atoms with Gasteiger partial charge in [-0.15, -0.1) is 0 Å². The van der Waals surface area contributed by atoms with Crippen LogP contribution in [0.5, 0.6) is 0 Å². The number of rotatable bonds is 3. The highest BCUT2D eigenvalue weighted by molar-refractivity contribution is 6.41. The SMILES string of the molecule is CNCC(=O)c1cnc(Cl)c(Cl)c1.